The van der Waals surface area contributed by atoms with Crippen LogP contribution in [-0.2, 0) is 4.79 Å². The first kappa shape index (κ1) is 13.9. The Labute approximate surface area is 115 Å². The first-order chi connectivity index (χ1) is 9.16. The van der Waals surface area contributed by atoms with E-state index in [0.29, 0.717) is 6.42 Å². The van der Waals surface area contributed by atoms with Gasteiger partial charge >= 0.3 is 0 Å². The maximum Gasteiger partial charge on any atom is 0.224 e. The Kier molecular flexibility index (Phi) is 4.80. The highest BCUT2D eigenvalue weighted by molar-refractivity contribution is 5.79. The van der Waals surface area contributed by atoms with Gasteiger partial charge in [-0.1, -0.05) is 18.2 Å². The van der Waals surface area contributed by atoms with Crippen molar-refractivity contribution in [2.75, 3.05) is 31.6 Å². The van der Waals surface area contributed by atoms with Crippen LogP contribution >= 0.6 is 0 Å². The van der Waals surface area contributed by atoms with Crippen LogP contribution in [0.3, 0.4) is 0 Å². The van der Waals surface area contributed by atoms with Crippen molar-refractivity contribution in [2.45, 2.75) is 25.3 Å². The summed E-state index contributed by atoms with van der Waals surface area (Å²) in [4.78, 5) is 15.7. The molecule has 0 radical (unpaired) electrons. The van der Waals surface area contributed by atoms with Crippen LogP contribution in [-0.4, -0.2) is 43.5 Å². The van der Waals surface area contributed by atoms with E-state index in [0.717, 1.165) is 32.5 Å². The van der Waals surface area contributed by atoms with E-state index in [9.17, 15) is 4.79 Å². The second-order valence-corrected chi connectivity index (χ2v) is 5.27. The van der Waals surface area contributed by atoms with Gasteiger partial charge in [-0.2, -0.15) is 0 Å². The summed E-state index contributed by atoms with van der Waals surface area (Å²) in [5.74, 6) is 0.212. The maximum absolute atomic E-state index is 11.6. The molecule has 1 fully saturated rings. The Morgan fingerprint density at radius 2 is 2.05 bits per heavy atom. The molecular formula is C15H23N3O. The molecule has 1 aliphatic rings. The van der Waals surface area contributed by atoms with Crippen LogP contribution in [0.15, 0.2) is 30.3 Å². The lowest BCUT2D eigenvalue weighted by Gasteiger charge is -2.20. The number of carbonyl (C=O) groups is 1. The molecule has 0 bridgehead atoms. The van der Waals surface area contributed by atoms with Gasteiger partial charge in [-0.15, -0.1) is 0 Å². The lowest BCUT2D eigenvalue weighted by atomic mass is 10.2. The van der Waals surface area contributed by atoms with Gasteiger partial charge in [0.2, 0.25) is 5.91 Å². The Morgan fingerprint density at radius 3 is 2.68 bits per heavy atom. The van der Waals surface area contributed by atoms with E-state index in [2.05, 4.69) is 36.2 Å². The number of amides is 1. The summed E-state index contributed by atoms with van der Waals surface area (Å²) in [5.41, 5.74) is 7.01. The average Bonchev–Trinajstić information content (AvgIpc) is 2.74. The molecule has 0 aliphatic carbocycles. The van der Waals surface area contributed by atoms with Gasteiger partial charge < -0.3 is 15.5 Å². The van der Waals surface area contributed by atoms with Crippen molar-refractivity contribution in [3.63, 3.8) is 0 Å². The van der Waals surface area contributed by atoms with Crippen molar-refractivity contribution in [3.8, 4) is 0 Å². The quantitative estimate of drug-likeness (QED) is 0.789. The van der Waals surface area contributed by atoms with Crippen LogP contribution in [0.2, 0.25) is 0 Å². The van der Waals surface area contributed by atoms with E-state index in [1.165, 1.54) is 5.69 Å². The highest BCUT2D eigenvalue weighted by Crippen LogP contribution is 2.13. The van der Waals surface area contributed by atoms with Crippen LogP contribution in [0.5, 0.6) is 0 Å². The Morgan fingerprint density at radius 1 is 1.32 bits per heavy atom. The number of likely N-dealkylation sites (tertiary alicyclic amines) is 1. The number of nitrogens with two attached hydrogens (primary N) is 1. The third-order valence-corrected chi connectivity index (χ3v) is 3.61. The first-order valence-electron chi connectivity index (χ1n) is 6.96. The molecule has 4 nitrogen and oxygen atoms in total. The molecule has 19 heavy (non-hydrogen) atoms. The number of hydrogen-bond donors (Lipinski definition) is 1. The van der Waals surface area contributed by atoms with Crippen LogP contribution in [0.1, 0.15) is 19.3 Å². The molecule has 2 N–H and O–H groups in total. The first-order valence-corrected chi connectivity index (χ1v) is 6.96. The van der Waals surface area contributed by atoms with E-state index in [4.69, 9.17) is 5.73 Å². The van der Waals surface area contributed by atoms with Crippen LogP contribution < -0.4 is 10.6 Å². The molecule has 2 rings (SSSR count). The molecule has 4 heteroatoms. The molecule has 0 aromatic heterocycles. The minimum Gasteiger partial charge on any atom is -0.375 e. The van der Waals surface area contributed by atoms with Gasteiger partial charge in [0.05, 0.1) is 0 Å². The molecule has 1 atom stereocenters. The van der Waals surface area contributed by atoms with Gasteiger partial charge in [-0.05, 0) is 25.0 Å². The van der Waals surface area contributed by atoms with E-state index >= 15 is 0 Å². The molecular weight excluding hydrogens is 238 g/mol. The lowest BCUT2D eigenvalue weighted by Crippen LogP contribution is -2.29. The highest BCUT2D eigenvalue weighted by atomic mass is 16.2. The Balaban J connectivity index is 1.66. The fourth-order valence-electron chi connectivity index (χ4n) is 2.48. The van der Waals surface area contributed by atoms with Crippen LogP contribution in [0.25, 0.3) is 0 Å². The minimum absolute atomic E-state index is 0.0412. The molecule has 1 aliphatic heterocycles. The van der Waals surface area contributed by atoms with Crippen molar-refractivity contribution >= 4 is 11.6 Å². The molecule has 0 spiro atoms. The predicted molar refractivity (Wildman–Crippen MR) is 78.1 cm³/mol. The fourth-order valence-corrected chi connectivity index (χ4v) is 2.48. The molecule has 0 saturated carbocycles. The maximum atomic E-state index is 11.6. The molecule has 104 valence electrons. The van der Waals surface area contributed by atoms with E-state index in [1.54, 1.807) is 0 Å². The summed E-state index contributed by atoms with van der Waals surface area (Å²) in [6.07, 6.45) is 2.64. The average molecular weight is 261 g/mol. The summed E-state index contributed by atoms with van der Waals surface area (Å²) in [7, 11) is 2.10. The number of unbranched alkanes of at least 4 members (excludes halogenated alkanes) is 1. The summed E-state index contributed by atoms with van der Waals surface area (Å²) >= 11 is 0. The topological polar surface area (TPSA) is 49.6 Å². The number of para-hydroxylation sites is 1. The normalized spacial score (nSPS) is 18.9. The van der Waals surface area contributed by atoms with Gasteiger partial charge in [-0.25, -0.2) is 0 Å². The Hall–Kier alpha value is -1.55. The lowest BCUT2D eigenvalue weighted by molar-refractivity contribution is -0.127. The number of hydrogen-bond acceptors (Lipinski definition) is 3. The van der Waals surface area contributed by atoms with E-state index in [-0.39, 0.29) is 11.9 Å². The van der Waals surface area contributed by atoms with Gasteiger partial charge in [0, 0.05) is 44.8 Å². The van der Waals surface area contributed by atoms with Gasteiger partial charge in [0.15, 0.2) is 0 Å². The second-order valence-electron chi connectivity index (χ2n) is 5.27. The van der Waals surface area contributed by atoms with Gasteiger partial charge in [0.25, 0.3) is 0 Å². The zero-order valence-electron chi connectivity index (χ0n) is 11.6. The van der Waals surface area contributed by atoms with Crippen molar-refractivity contribution in [1.29, 1.82) is 0 Å². The number of anilines is 1. The van der Waals surface area contributed by atoms with Crippen LogP contribution in [0.4, 0.5) is 5.69 Å². The summed E-state index contributed by atoms with van der Waals surface area (Å²) in [6, 6.07) is 10.4. The van der Waals surface area contributed by atoms with Crippen molar-refractivity contribution in [2.24, 2.45) is 5.73 Å². The van der Waals surface area contributed by atoms with Crippen molar-refractivity contribution < 1.29 is 4.79 Å². The molecule has 1 unspecified atom stereocenters. The molecule has 1 heterocycles. The molecule has 1 amide bonds. The second kappa shape index (κ2) is 6.57. The van der Waals surface area contributed by atoms with Crippen molar-refractivity contribution in [3.05, 3.63) is 30.3 Å². The summed E-state index contributed by atoms with van der Waals surface area (Å²) in [5, 5.41) is 0. The number of nitrogens with zero attached hydrogens (tertiary/aromatic N) is 2. The number of rotatable bonds is 6. The molecule has 1 aromatic carbocycles. The van der Waals surface area contributed by atoms with Gasteiger partial charge in [-0.3, -0.25) is 4.79 Å². The minimum atomic E-state index is 0.0412. The standard InChI is InChI=1S/C15H23N3O/c1-17(14-7-3-2-4-8-14)9-5-6-10-18-12-13(16)11-15(18)19/h2-4,7-8,13H,5-6,9-12,16H2,1H3. The zero-order valence-corrected chi connectivity index (χ0v) is 11.6. The fraction of sp³-hybridized carbons (Fsp3) is 0.533. The summed E-state index contributed by atoms with van der Waals surface area (Å²) in [6.45, 7) is 2.58. The largest absolute Gasteiger partial charge is 0.375 e. The number of carbonyl (C=O) groups excluding carboxylic acids is 1. The Bertz CT molecular complexity index is 407. The summed E-state index contributed by atoms with van der Waals surface area (Å²) < 4.78 is 0. The van der Waals surface area contributed by atoms with Crippen LogP contribution in [0, 0.1) is 0 Å². The molecule has 1 saturated heterocycles. The van der Waals surface area contributed by atoms with Gasteiger partial charge in [0.1, 0.15) is 0 Å². The smallest absolute Gasteiger partial charge is 0.224 e. The van der Waals surface area contributed by atoms with E-state index in [1.807, 2.05) is 11.0 Å². The highest BCUT2D eigenvalue weighted by Gasteiger charge is 2.25. The predicted octanol–water partition coefficient (Wildman–Crippen LogP) is 1.46. The van der Waals surface area contributed by atoms with E-state index < -0.39 is 0 Å². The third-order valence-electron chi connectivity index (χ3n) is 3.61. The SMILES string of the molecule is CN(CCCCN1CC(N)CC1=O)c1ccccc1. The number of benzene rings is 1. The monoisotopic (exact) mass is 261 g/mol. The van der Waals surface area contributed by atoms with Crippen molar-refractivity contribution in [1.82, 2.24) is 4.90 Å². The molecule has 1 aromatic rings. The third kappa shape index (κ3) is 3.96. The zero-order chi connectivity index (χ0) is 13.7.